The van der Waals surface area contributed by atoms with Gasteiger partial charge in [-0.25, -0.2) is 4.98 Å². The van der Waals surface area contributed by atoms with Crippen molar-refractivity contribution in [1.29, 1.82) is 0 Å². The number of hydrogen-bond acceptors (Lipinski definition) is 6. The predicted molar refractivity (Wildman–Crippen MR) is 60.4 cm³/mol. The van der Waals surface area contributed by atoms with Crippen molar-refractivity contribution in [2.24, 2.45) is 5.73 Å². The molecule has 0 aromatic carbocycles. The van der Waals surface area contributed by atoms with Crippen LogP contribution in [0.5, 0.6) is 5.88 Å². The zero-order valence-corrected chi connectivity index (χ0v) is 9.79. The summed E-state index contributed by atoms with van der Waals surface area (Å²) in [5, 5.41) is 9.84. The Balaban J connectivity index is 2.73. The van der Waals surface area contributed by atoms with Crippen LogP contribution in [0, 0.1) is 0 Å². The fourth-order valence-corrected chi connectivity index (χ4v) is 1.26. The molecule has 2 atom stereocenters. The van der Waals surface area contributed by atoms with Gasteiger partial charge in [0, 0.05) is 17.8 Å². The summed E-state index contributed by atoms with van der Waals surface area (Å²) in [5.74, 6) is -0.221. The molecule has 0 bridgehead atoms. The highest BCUT2D eigenvalue weighted by molar-refractivity contribution is 5.76. The number of pyridine rings is 1. The summed E-state index contributed by atoms with van der Waals surface area (Å²) < 4.78 is 9.60. The van der Waals surface area contributed by atoms with Gasteiger partial charge in [-0.05, 0) is 13.0 Å². The molecule has 6 nitrogen and oxygen atoms in total. The number of nitrogens with two attached hydrogens (primary N) is 1. The number of aliphatic hydroxyl groups is 1. The molecule has 0 fully saturated rings. The van der Waals surface area contributed by atoms with E-state index < -0.39 is 18.1 Å². The van der Waals surface area contributed by atoms with Crippen LogP contribution in [0.15, 0.2) is 18.3 Å². The van der Waals surface area contributed by atoms with Crippen molar-refractivity contribution < 1.29 is 19.4 Å². The number of carbonyl (C=O) groups is 1. The standard InChI is InChI=1S/C11H16N2O4/c1-3-17-11(15)9(12)10(14)7-4-5-8(16-2)13-6-7/h4-6,9-10,14H,3,12H2,1-2H3. The highest BCUT2D eigenvalue weighted by Gasteiger charge is 2.25. The van der Waals surface area contributed by atoms with E-state index in [1.807, 2.05) is 0 Å². The third-order valence-electron chi connectivity index (χ3n) is 2.21. The van der Waals surface area contributed by atoms with Gasteiger partial charge in [0.1, 0.15) is 12.1 Å². The van der Waals surface area contributed by atoms with E-state index >= 15 is 0 Å². The second-order valence-corrected chi connectivity index (χ2v) is 3.36. The Bertz CT molecular complexity index is 366. The summed E-state index contributed by atoms with van der Waals surface area (Å²) in [7, 11) is 1.49. The third-order valence-corrected chi connectivity index (χ3v) is 2.21. The van der Waals surface area contributed by atoms with Gasteiger partial charge < -0.3 is 20.3 Å². The Kier molecular flexibility index (Phi) is 4.86. The maximum atomic E-state index is 11.3. The van der Waals surface area contributed by atoms with Crippen LogP contribution in [0.1, 0.15) is 18.6 Å². The molecule has 0 saturated heterocycles. The first-order valence-corrected chi connectivity index (χ1v) is 5.20. The predicted octanol–water partition coefficient (Wildman–Crippen LogP) is 0.0140. The molecule has 94 valence electrons. The molecular weight excluding hydrogens is 224 g/mol. The van der Waals surface area contributed by atoms with Crippen LogP contribution < -0.4 is 10.5 Å². The lowest BCUT2D eigenvalue weighted by molar-refractivity contribution is -0.147. The van der Waals surface area contributed by atoms with Crippen molar-refractivity contribution >= 4 is 5.97 Å². The van der Waals surface area contributed by atoms with E-state index in [9.17, 15) is 9.90 Å². The van der Waals surface area contributed by atoms with Crippen molar-refractivity contribution in [1.82, 2.24) is 4.98 Å². The zero-order valence-electron chi connectivity index (χ0n) is 9.79. The Morgan fingerprint density at radius 2 is 2.29 bits per heavy atom. The number of methoxy groups -OCH3 is 1. The third kappa shape index (κ3) is 3.40. The van der Waals surface area contributed by atoms with E-state index in [4.69, 9.17) is 15.2 Å². The van der Waals surface area contributed by atoms with Crippen LogP contribution in [0.3, 0.4) is 0 Å². The van der Waals surface area contributed by atoms with Crippen LogP contribution in [0.25, 0.3) is 0 Å². The largest absolute Gasteiger partial charge is 0.481 e. The van der Waals surface area contributed by atoms with Crippen molar-refractivity contribution in [3.8, 4) is 5.88 Å². The van der Waals surface area contributed by atoms with E-state index in [-0.39, 0.29) is 6.61 Å². The maximum absolute atomic E-state index is 11.3. The molecule has 2 unspecified atom stereocenters. The first-order chi connectivity index (χ1) is 8.10. The second-order valence-electron chi connectivity index (χ2n) is 3.36. The summed E-state index contributed by atoms with van der Waals surface area (Å²) in [6.07, 6.45) is 0.259. The number of aliphatic hydroxyl groups excluding tert-OH is 1. The van der Waals surface area contributed by atoms with Gasteiger partial charge >= 0.3 is 5.97 Å². The van der Waals surface area contributed by atoms with Gasteiger partial charge in [-0.2, -0.15) is 0 Å². The highest BCUT2D eigenvalue weighted by Crippen LogP contribution is 2.17. The van der Waals surface area contributed by atoms with Crippen LogP contribution in [0.2, 0.25) is 0 Å². The minimum absolute atomic E-state index is 0.222. The Morgan fingerprint density at radius 1 is 1.59 bits per heavy atom. The first kappa shape index (κ1) is 13.4. The van der Waals surface area contributed by atoms with Crippen LogP contribution in [0.4, 0.5) is 0 Å². The van der Waals surface area contributed by atoms with Crippen LogP contribution in [-0.2, 0) is 9.53 Å². The molecule has 0 amide bonds. The summed E-state index contributed by atoms with van der Waals surface area (Å²) in [6.45, 7) is 1.89. The lowest BCUT2D eigenvalue weighted by Crippen LogP contribution is -2.38. The normalized spacial score (nSPS) is 13.9. The summed E-state index contributed by atoms with van der Waals surface area (Å²) >= 11 is 0. The Hall–Kier alpha value is -1.66. The molecule has 1 rings (SSSR count). The fourth-order valence-electron chi connectivity index (χ4n) is 1.26. The quantitative estimate of drug-likeness (QED) is 0.704. The molecule has 6 heteroatoms. The van der Waals surface area contributed by atoms with Crippen LogP contribution >= 0.6 is 0 Å². The lowest BCUT2D eigenvalue weighted by Gasteiger charge is -2.17. The maximum Gasteiger partial charge on any atom is 0.325 e. The average molecular weight is 240 g/mol. The molecular formula is C11H16N2O4. The lowest BCUT2D eigenvalue weighted by atomic mass is 10.1. The molecule has 0 aliphatic carbocycles. The Morgan fingerprint density at radius 3 is 2.76 bits per heavy atom. The molecule has 1 aromatic rings. The zero-order chi connectivity index (χ0) is 12.8. The smallest absolute Gasteiger partial charge is 0.325 e. The molecule has 0 aliphatic rings. The van der Waals surface area contributed by atoms with Crippen LogP contribution in [-0.4, -0.2) is 35.8 Å². The molecule has 0 spiro atoms. The molecule has 0 saturated carbocycles. The molecule has 17 heavy (non-hydrogen) atoms. The van der Waals surface area contributed by atoms with Gasteiger partial charge in [-0.15, -0.1) is 0 Å². The number of carbonyl (C=O) groups excluding carboxylic acids is 1. The molecule has 0 radical (unpaired) electrons. The second kappa shape index (κ2) is 6.17. The molecule has 0 aliphatic heterocycles. The number of ether oxygens (including phenoxy) is 2. The van der Waals surface area contributed by atoms with E-state index in [1.165, 1.54) is 13.3 Å². The summed E-state index contributed by atoms with van der Waals surface area (Å²) in [6, 6.07) is 2.05. The van der Waals surface area contributed by atoms with Gasteiger partial charge in [0.15, 0.2) is 0 Å². The van der Waals surface area contributed by atoms with Crippen molar-refractivity contribution in [2.45, 2.75) is 19.1 Å². The number of hydrogen-bond donors (Lipinski definition) is 2. The number of esters is 1. The molecule has 1 aromatic heterocycles. The topological polar surface area (TPSA) is 94.7 Å². The molecule has 3 N–H and O–H groups in total. The average Bonchev–Trinajstić information content (AvgIpc) is 2.37. The van der Waals surface area contributed by atoms with Crippen molar-refractivity contribution in [3.05, 3.63) is 23.9 Å². The van der Waals surface area contributed by atoms with Gasteiger partial charge in [0.25, 0.3) is 0 Å². The number of nitrogens with zero attached hydrogens (tertiary/aromatic N) is 1. The SMILES string of the molecule is CCOC(=O)C(N)C(O)c1ccc(OC)nc1. The van der Waals surface area contributed by atoms with Gasteiger partial charge in [0.2, 0.25) is 5.88 Å². The Labute approximate surface area is 99.4 Å². The minimum atomic E-state index is -1.15. The monoisotopic (exact) mass is 240 g/mol. The first-order valence-electron chi connectivity index (χ1n) is 5.20. The van der Waals surface area contributed by atoms with Gasteiger partial charge in [0.05, 0.1) is 13.7 Å². The molecule has 1 heterocycles. The van der Waals surface area contributed by atoms with E-state index in [0.29, 0.717) is 11.4 Å². The minimum Gasteiger partial charge on any atom is -0.481 e. The summed E-state index contributed by atoms with van der Waals surface area (Å²) in [4.78, 5) is 15.2. The van der Waals surface area contributed by atoms with E-state index in [0.717, 1.165) is 0 Å². The fraction of sp³-hybridized carbons (Fsp3) is 0.455. The van der Waals surface area contributed by atoms with Gasteiger partial charge in [-0.1, -0.05) is 0 Å². The number of aromatic nitrogens is 1. The van der Waals surface area contributed by atoms with Gasteiger partial charge in [-0.3, -0.25) is 4.79 Å². The van der Waals surface area contributed by atoms with Crippen molar-refractivity contribution in [2.75, 3.05) is 13.7 Å². The van der Waals surface area contributed by atoms with E-state index in [1.54, 1.807) is 19.1 Å². The summed E-state index contributed by atoms with van der Waals surface area (Å²) in [5.41, 5.74) is 6.00. The number of rotatable bonds is 5. The highest BCUT2D eigenvalue weighted by atomic mass is 16.5. The van der Waals surface area contributed by atoms with E-state index in [2.05, 4.69) is 4.98 Å². The van der Waals surface area contributed by atoms with Crippen molar-refractivity contribution in [3.63, 3.8) is 0 Å².